The van der Waals surface area contributed by atoms with E-state index in [0.717, 1.165) is 6.07 Å². The predicted molar refractivity (Wildman–Crippen MR) is 71.5 cm³/mol. The Morgan fingerprint density at radius 3 is 2.14 bits per heavy atom. The van der Waals surface area contributed by atoms with Crippen LogP contribution in [0.15, 0.2) is 30.3 Å². The highest BCUT2D eigenvalue weighted by Crippen LogP contribution is 2.26. The second kappa shape index (κ2) is 6.43. The van der Waals surface area contributed by atoms with E-state index in [-0.39, 0.29) is 17.0 Å². The third-order valence-electron chi connectivity index (χ3n) is 3.03. The van der Waals surface area contributed by atoms with Crippen LogP contribution in [-0.4, -0.2) is 0 Å². The lowest BCUT2D eigenvalue weighted by Crippen LogP contribution is -2.31. The average Bonchev–Trinajstić information content (AvgIpc) is 2.39. The highest BCUT2D eigenvalue weighted by Gasteiger charge is 2.22. The van der Waals surface area contributed by atoms with Gasteiger partial charge < -0.3 is 0 Å². The molecule has 0 radical (unpaired) electrons. The number of nitrogens with two attached hydrogens (primary N) is 1. The van der Waals surface area contributed by atoms with E-state index < -0.39 is 34.9 Å². The Morgan fingerprint density at radius 2 is 1.62 bits per heavy atom. The SMILES string of the molecule is NNC(Cc1ccc(Cl)cc1F)c1c(F)cc(F)cc1F. The van der Waals surface area contributed by atoms with E-state index in [4.69, 9.17) is 17.4 Å². The largest absolute Gasteiger partial charge is 0.271 e. The third-order valence-corrected chi connectivity index (χ3v) is 3.27. The summed E-state index contributed by atoms with van der Waals surface area (Å²) >= 11 is 5.63. The highest BCUT2D eigenvalue weighted by molar-refractivity contribution is 6.30. The molecule has 21 heavy (non-hydrogen) atoms. The molecule has 1 atom stereocenters. The Labute approximate surface area is 123 Å². The van der Waals surface area contributed by atoms with Crippen LogP contribution in [0.1, 0.15) is 17.2 Å². The van der Waals surface area contributed by atoms with Crippen molar-refractivity contribution in [3.63, 3.8) is 0 Å². The van der Waals surface area contributed by atoms with Gasteiger partial charge in [-0.1, -0.05) is 17.7 Å². The van der Waals surface area contributed by atoms with Gasteiger partial charge in [0.2, 0.25) is 0 Å². The Kier molecular flexibility index (Phi) is 4.82. The topological polar surface area (TPSA) is 38.0 Å². The minimum Gasteiger partial charge on any atom is -0.271 e. The van der Waals surface area contributed by atoms with Gasteiger partial charge in [0, 0.05) is 22.7 Å². The number of hydrogen-bond donors (Lipinski definition) is 2. The van der Waals surface area contributed by atoms with Gasteiger partial charge in [0.25, 0.3) is 0 Å². The monoisotopic (exact) mass is 318 g/mol. The van der Waals surface area contributed by atoms with E-state index in [0.29, 0.717) is 12.1 Å². The fourth-order valence-electron chi connectivity index (χ4n) is 2.04. The van der Waals surface area contributed by atoms with Crippen molar-refractivity contribution >= 4 is 11.6 Å². The zero-order valence-corrected chi connectivity index (χ0v) is 11.4. The number of hydrogen-bond acceptors (Lipinski definition) is 2. The van der Waals surface area contributed by atoms with Crippen LogP contribution in [0, 0.1) is 23.3 Å². The van der Waals surface area contributed by atoms with Crippen molar-refractivity contribution in [1.82, 2.24) is 5.43 Å². The summed E-state index contributed by atoms with van der Waals surface area (Å²) in [7, 11) is 0. The van der Waals surface area contributed by atoms with Gasteiger partial charge in [-0.3, -0.25) is 11.3 Å². The standard InChI is InChI=1S/C14H11ClF4N2/c15-8-2-1-7(10(17)4-8)3-13(21-20)14-11(18)5-9(16)6-12(14)19/h1-2,4-6,13,21H,3,20H2. The van der Waals surface area contributed by atoms with Gasteiger partial charge in [-0.2, -0.15) is 0 Å². The molecule has 0 aliphatic carbocycles. The van der Waals surface area contributed by atoms with E-state index >= 15 is 0 Å². The maximum atomic E-state index is 13.7. The van der Waals surface area contributed by atoms with Crippen molar-refractivity contribution in [3.8, 4) is 0 Å². The summed E-state index contributed by atoms with van der Waals surface area (Å²) in [6, 6.07) is 3.96. The quantitative estimate of drug-likeness (QED) is 0.513. The van der Waals surface area contributed by atoms with Gasteiger partial charge in [-0.05, 0) is 24.1 Å². The number of halogens is 5. The molecule has 0 aromatic heterocycles. The first-order valence-corrected chi connectivity index (χ1v) is 6.34. The number of hydrazine groups is 1. The highest BCUT2D eigenvalue weighted by atomic mass is 35.5. The summed E-state index contributed by atoms with van der Waals surface area (Å²) in [5.41, 5.74) is 1.93. The van der Waals surface area contributed by atoms with Crippen molar-refractivity contribution in [2.75, 3.05) is 0 Å². The number of rotatable bonds is 4. The Morgan fingerprint density at radius 1 is 1.00 bits per heavy atom. The minimum absolute atomic E-state index is 0.126. The molecule has 2 nitrogen and oxygen atoms in total. The van der Waals surface area contributed by atoms with E-state index in [2.05, 4.69) is 5.43 Å². The molecular weight excluding hydrogens is 308 g/mol. The van der Waals surface area contributed by atoms with Crippen molar-refractivity contribution in [3.05, 3.63) is 69.8 Å². The molecular formula is C14H11ClF4N2. The lowest BCUT2D eigenvalue weighted by atomic mass is 9.98. The minimum atomic E-state index is -1.09. The number of nitrogens with one attached hydrogen (secondary N) is 1. The van der Waals surface area contributed by atoms with Gasteiger partial charge in [0.1, 0.15) is 23.3 Å². The van der Waals surface area contributed by atoms with Gasteiger partial charge >= 0.3 is 0 Å². The van der Waals surface area contributed by atoms with Crippen LogP contribution in [0.3, 0.4) is 0 Å². The number of benzene rings is 2. The maximum Gasteiger partial charge on any atom is 0.133 e. The average molecular weight is 319 g/mol. The maximum absolute atomic E-state index is 13.7. The normalized spacial score (nSPS) is 12.5. The van der Waals surface area contributed by atoms with Crippen molar-refractivity contribution in [1.29, 1.82) is 0 Å². The fraction of sp³-hybridized carbons (Fsp3) is 0.143. The van der Waals surface area contributed by atoms with E-state index in [1.807, 2.05) is 0 Å². The summed E-state index contributed by atoms with van der Waals surface area (Å²) in [6.45, 7) is 0. The molecule has 2 aromatic rings. The smallest absolute Gasteiger partial charge is 0.133 e. The first kappa shape index (κ1) is 15.8. The first-order valence-electron chi connectivity index (χ1n) is 5.97. The van der Waals surface area contributed by atoms with Crippen LogP contribution < -0.4 is 11.3 Å². The molecule has 0 saturated carbocycles. The molecule has 0 amide bonds. The Bertz CT molecular complexity index is 640. The summed E-state index contributed by atoms with van der Waals surface area (Å²) in [5, 5.41) is 0.202. The molecule has 3 N–H and O–H groups in total. The van der Waals surface area contributed by atoms with Crippen LogP contribution in [0.5, 0.6) is 0 Å². The van der Waals surface area contributed by atoms with E-state index in [1.165, 1.54) is 12.1 Å². The van der Waals surface area contributed by atoms with Gasteiger partial charge in [-0.15, -0.1) is 0 Å². The summed E-state index contributed by atoms with van der Waals surface area (Å²) in [5.74, 6) is 1.44. The molecule has 112 valence electrons. The van der Waals surface area contributed by atoms with Crippen molar-refractivity contribution in [2.45, 2.75) is 12.5 Å². The molecule has 2 aromatic carbocycles. The lowest BCUT2D eigenvalue weighted by Gasteiger charge is -2.18. The molecule has 0 aliphatic rings. The van der Waals surface area contributed by atoms with Crippen LogP contribution >= 0.6 is 11.6 Å². The zero-order chi connectivity index (χ0) is 15.6. The van der Waals surface area contributed by atoms with E-state index in [9.17, 15) is 17.6 Å². The van der Waals surface area contributed by atoms with Crippen LogP contribution in [0.4, 0.5) is 17.6 Å². The Balaban J connectivity index is 2.37. The van der Waals surface area contributed by atoms with Gasteiger partial charge in [-0.25, -0.2) is 17.6 Å². The molecule has 0 saturated heterocycles. The Hall–Kier alpha value is -1.63. The molecule has 7 heteroatoms. The summed E-state index contributed by atoms with van der Waals surface area (Å²) in [6.07, 6.45) is -0.126. The summed E-state index contributed by atoms with van der Waals surface area (Å²) in [4.78, 5) is 0. The molecule has 2 rings (SSSR count). The van der Waals surface area contributed by atoms with Crippen LogP contribution in [-0.2, 0) is 6.42 Å². The second-order valence-corrected chi connectivity index (χ2v) is 4.88. The van der Waals surface area contributed by atoms with Gasteiger partial charge in [0.15, 0.2) is 0 Å². The fourth-order valence-corrected chi connectivity index (χ4v) is 2.20. The van der Waals surface area contributed by atoms with Crippen molar-refractivity contribution < 1.29 is 17.6 Å². The van der Waals surface area contributed by atoms with E-state index in [1.54, 1.807) is 0 Å². The van der Waals surface area contributed by atoms with Gasteiger partial charge in [0.05, 0.1) is 6.04 Å². The first-order chi connectivity index (χ1) is 9.92. The predicted octanol–water partition coefficient (Wildman–Crippen LogP) is 3.64. The summed E-state index contributed by atoms with van der Waals surface area (Å²) < 4.78 is 54.1. The molecule has 0 aliphatic heterocycles. The molecule has 0 heterocycles. The second-order valence-electron chi connectivity index (χ2n) is 4.44. The molecule has 0 fully saturated rings. The van der Waals surface area contributed by atoms with Crippen LogP contribution in [0.2, 0.25) is 5.02 Å². The molecule has 1 unspecified atom stereocenters. The lowest BCUT2D eigenvalue weighted by molar-refractivity contribution is 0.456. The van der Waals surface area contributed by atoms with Crippen LogP contribution in [0.25, 0.3) is 0 Å². The van der Waals surface area contributed by atoms with Crippen molar-refractivity contribution in [2.24, 2.45) is 5.84 Å². The zero-order valence-electron chi connectivity index (χ0n) is 10.6. The third kappa shape index (κ3) is 3.53. The molecule has 0 bridgehead atoms. The molecule has 0 spiro atoms.